The Morgan fingerprint density at radius 2 is 1.68 bits per heavy atom. The van der Waals surface area contributed by atoms with Gasteiger partial charge < -0.3 is 15.4 Å². The zero-order valence-electron chi connectivity index (χ0n) is 16.5. The quantitative estimate of drug-likeness (QED) is 0.764. The Bertz CT molecular complexity index is 843. The van der Waals surface area contributed by atoms with Crippen molar-refractivity contribution in [2.45, 2.75) is 51.5 Å². The number of pyridine rings is 1. The summed E-state index contributed by atoms with van der Waals surface area (Å²) in [7, 11) is 1.55. The van der Waals surface area contributed by atoms with Crippen LogP contribution in [0.25, 0.3) is 0 Å². The molecule has 3 rings (SSSR count). The fraction of sp³-hybridized carbons (Fsp3) is 0.409. The summed E-state index contributed by atoms with van der Waals surface area (Å²) in [6.45, 7) is 1.94. The highest BCUT2D eigenvalue weighted by Gasteiger charge is 2.18. The summed E-state index contributed by atoms with van der Waals surface area (Å²) in [6, 6.07) is 10.6. The van der Waals surface area contributed by atoms with Gasteiger partial charge in [0.05, 0.1) is 12.8 Å². The molecule has 1 aromatic carbocycles. The molecular formula is C22H27N3O3. The molecule has 0 aliphatic heterocycles. The number of carbonyl (C=O) groups excluding carboxylic acids is 2. The zero-order chi connectivity index (χ0) is 19.9. The third-order valence-corrected chi connectivity index (χ3v) is 5.01. The molecule has 1 aliphatic carbocycles. The molecule has 1 fully saturated rings. The molecule has 28 heavy (non-hydrogen) atoms. The van der Waals surface area contributed by atoms with E-state index in [9.17, 15) is 9.59 Å². The van der Waals surface area contributed by atoms with Crippen molar-refractivity contribution in [2.75, 3.05) is 12.4 Å². The lowest BCUT2D eigenvalue weighted by atomic mass is 10.1. The lowest BCUT2D eigenvalue weighted by Crippen LogP contribution is -2.35. The molecule has 1 saturated carbocycles. The second-order valence-electron chi connectivity index (χ2n) is 7.23. The van der Waals surface area contributed by atoms with Crippen molar-refractivity contribution in [3.05, 3.63) is 53.3 Å². The molecule has 148 valence electrons. The molecule has 0 unspecified atom stereocenters. The molecule has 1 heterocycles. The fourth-order valence-corrected chi connectivity index (χ4v) is 3.48. The number of aromatic nitrogens is 1. The minimum absolute atomic E-state index is 0.186. The van der Waals surface area contributed by atoms with E-state index in [0.29, 0.717) is 11.4 Å². The summed E-state index contributed by atoms with van der Waals surface area (Å²) in [5.41, 5.74) is 2.02. The van der Waals surface area contributed by atoms with Crippen LogP contribution in [-0.4, -0.2) is 29.9 Å². The van der Waals surface area contributed by atoms with Gasteiger partial charge in [0.25, 0.3) is 11.8 Å². The minimum atomic E-state index is -0.381. The van der Waals surface area contributed by atoms with Gasteiger partial charge in [-0.2, -0.15) is 0 Å². The Labute approximate surface area is 165 Å². The first-order valence-corrected chi connectivity index (χ1v) is 9.81. The summed E-state index contributed by atoms with van der Waals surface area (Å²) in [5, 5.41) is 5.88. The molecule has 0 saturated heterocycles. The number of carbonyl (C=O) groups is 2. The van der Waals surface area contributed by atoms with E-state index in [0.717, 1.165) is 31.2 Å². The number of rotatable bonds is 5. The molecule has 2 aromatic rings. The summed E-state index contributed by atoms with van der Waals surface area (Å²) in [4.78, 5) is 29.5. The maximum Gasteiger partial charge on any atom is 0.274 e. The standard InChI is InChI=1S/C22H27N3O3/c1-15-12-13-20(28-2)19(14-15)25-22(27)18-11-7-10-17(24-18)21(26)23-16-8-5-3-4-6-9-16/h7,10-14,16H,3-6,8-9H2,1-2H3,(H,23,26)(H,25,27). The molecule has 0 spiro atoms. The number of nitrogens with one attached hydrogen (secondary N) is 2. The first-order chi connectivity index (χ1) is 13.6. The number of benzene rings is 1. The smallest absolute Gasteiger partial charge is 0.274 e. The average molecular weight is 381 g/mol. The van der Waals surface area contributed by atoms with Gasteiger partial charge in [-0.1, -0.05) is 37.8 Å². The van der Waals surface area contributed by atoms with Crippen molar-refractivity contribution in [3.63, 3.8) is 0 Å². The Hall–Kier alpha value is -2.89. The number of ether oxygens (including phenoxy) is 1. The molecule has 6 nitrogen and oxygen atoms in total. The van der Waals surface area contributed by atoms with Crippen molar-refractivity contribution in [3.8, 4) is 5.75 Å². The van der Waals surface area contributed by atoms with Crippen LogP contribution in [0.3, 0.4) is 0 Å². The number of methoxy groups -OCH3 is 1. The second-order valence-corrected chi connectivity index (χ2v) is 7.23. The number of amides is 2. The van der Waals surface area contributed by atoms with Gasteiger partial charge in [0.15, 0.2) is 0 Å². The van der Waals surface area contributed by atoms with Crippen LogP contribution in [0.2, 0.25) is 0 Å². The van der Waals surface area contributed by atoms with E-state index in [1.54, 1.807) is 31.4 Å². The maximum atomic E-state index is 12.6. The highest BCUT2D eigenvalue weighted by atomic mass is 16.5. The van der Waals surface area contributed by atoms with E-state index in [1.807, 2.05) is 19.1 Å². The first-order valence-electron chi connectivity index (χ1n) is 9.81. The molecule has 2 N–H and O–H groups in total. The van der Waals surface area contributed by atoms with E-state index in [-0.39, 0.29) is 29.2 Å². The molecule has 1 aliphatic rings. The van der Waals surface area contributed by atoms with Gasteiger partial charge in [0.2, 0.25) is 0 Å². The maximum absolute atomic E-state index is 12.6. The van der Waals surface area contributed by atoms with Gasteiger partial charge in [-0.25, -0.2) is 4.98 Å². The molecule has 2 amide bonds. The summed E-state index contributed by atoms with van der Waals surface area (Å²) in [5.74, 6) is -0.0380. The Kier molecular flexibility index (Phi) is 6.63. The number of hydrogen-bond donors (Lipinski definition) is 2. The molecular weight excluding hydrogens is 354 g/mol. The minimum Gasteiger partial charge on any atom is -0.495 e. The Balaban J connectivity index is 1.71. The van der Waals surface area contributed by atoms with Crippen molar-refractivity contribution < 1.29 is 14.3 Å². The zero-order valence-corrected chi connectivity index (χ0v) is 16.5. The van der Waals surface area contributed by atoms with Gasteiger partial charge in [-0.3, -0.25) is 9.59 Å². The number of hydrogen-bond acceptors (Lipinski definition) is 4. The van der Waals surface area contributed by atoms with Gasteiger partial charge in [0, 0.05) is 6.04 Å². The third-order valence-electron chi connectivity index (χ3n) is 5.01. The van der Waals surface area contributed by atoms with Crippen molar-refractivity contribution in [1.29, 1.82) is 0 Å². The summed E-state index contributed by atoms with van der Waals surface area (Å²) in [6.07, 6.45) is 6.72. The predicted octanol–water partition coefficient (Wildman–Crippen LogP) is 4.10. The predicted molar refractivity (Wildman–Crippen MR) is 109 cm³/mol. The van der Waals surface area contributed by atoms with Gasteiger partial charge in [-0.15, -0.1) is 0 Å². The van der Waals surface area contributed by atoms with Crippen LogP contribution >= 0.6 is 0 Å². The van der Waals surface area contributed by atoms with Crippen LogP contribution in [0.1, 0.15) is 65.1 Å². The molecule has 0 bridgehead atoms. The number of nitrogens with zero attached hydrogens (tertiary/aromatic N) is 1. The van der Waals surface area contributed by atoms with E-state index in [1.165, 1.54) is 12.8 Å². The lowest BCUT2D eigenvalue weighted by Gasteiger charge is -2.16. The Morgan fingerprint density at radius 3 is 2.36 bits per heavy atom. The lowest BCUT2D eigenvalue weighted by molar-refractivity contribution is 0.0928. The van der Waals surface area contributed by atoms with Crippen LogP contribution in [0.15, 0.2) is 36.4 Å². The van der Waals surface area contributed by atoms with Crippen LogP contribution in [0, 0.1) is 6.92 Å². The second kappa shape index (κ2) is 9.35. The van der Waals surface area contributed by atoms with E-state index in [4.69, 9.17) is 4.74 Å². The average Bonchev–Trinajstić information content (AvgIpc) is 2.97. The van der Waals surface area contributed by atoms with E-state index in [2.05, 4.69) is 15.6 Å². The van der Waals surface area contributed by atoms with Crippen molar-refractivity contribution in [1.82, 2.24) is 10.3 Å². The first kappa shape index (κ1) is 19.9. The van der Waals surface area contributed by atoms with Crippen molar-refractivity contribution in [2.24, 2.45) is 0 Å². The van der Waals surface area contributed by atoms with Gasteiger partial charge >= 0.3 is 0 Å². The molecule has 0 atom stereocenters. The monoisotopic (exact) mass is 381 g/mol. The highest BCUT2D eigenvalue weighted by Crippen LogP contribution is 2.25. The van der Waals surface area contributed by atoms with Gasteiger partial charge in [-0.05, 0) is 49.6 Å². The molecule has 0 radical (unpaired) electrons. The summed E-state index contributed by atoms with van der Waals surface area (Å²) < 4.78 is 5.29. The molecule has 6 heteroatoms. The van der Waals surface area contributed by atoms with Crippen LogP contribution in [0.4, 0.5) is 5.69 Å². The summed E-state index contributed by atoms with van der Waals surface area (Å²) >= 11 is 0. The SMILES string of the molecule is COc1ccc(C)cc1NC(=O)c1cccc(C(=O)NC2CCCCCC2)n1. The third kappa shape index (κ3) is 5.09. The van der Waals surface area contributed by atoms with Crippen LogP contribution < -0.4 is 15.4 Å². The largest absolute Gasteiger partial charge is 0.495 e. The number of aryl methyl sites for hydroxylation is 1. The van der Waals surface area contributed by atoms with Crippen LogP contribution in [0.5, 0.6) is 5.75 Å². The normalized spacial score (nSPS) is 14.8. The van der Waals surface area contributed by atoms with Gasteiger partial charge in [0.1, 0.15) is 17.1 Å². The van der Waals surface area contributed by atoms with Crippen molar-refractivity contribution >= 4 is 17.5 Å². The molecule has 1 aromatic heterocycles. The van der Waals surface area contributed by atoms with E-state index >= 15 is 0 Å². The van der Waals surface area contributed by atoms with E-state index < -0.39 is 0 Å². The highest BCUT2D eigenvalue weighted by molar-refractivity contribution is 6.04. The fourth-order valence-electron chi connectivity index (χ4n) is 3.48. The van der Waals surface area contributed by atoms with Crippen LogP contribution in [-0.2, 0) is 0 Å². The number of anilines is 1. The topological polar surface area (TPSA) is 80.3 Å². The Morgan fingerprint density at radius 1 is 1.00 bits per heavy atom.